The lowest BCUT2D eigenvalue weighted by Crippen LogP contribution is -2.37. The summed E-state index contributed by atoms with van der Waals surface area (Å²) >= 11 is 0. The zero-order valence-corrected chi connectivity index (χ0v) is 13.1. The summed E-state index contributed by atoms with van der Waals surface area (Å²) < 4.78 is 5.47. The molecule has 1 aromatic heterocycles. The lowest BCUT2D eigenvalue weighted by Gasteiger charge is -2.23. The topological polar surface area (TPSA) is 64.9 Å². The molecule has 1 heterocycles. The number of aryl methyl sites for hydroxylation is 1. The van der Waals surface area contributed by atoms with Crippen LogP contribution >= 0.6 is 0 Å². The molecule has 1 aromatic rings. The standard InChI is InChI=1S/C17H29N3O/c18-17(12-6-1-2-7-13-17)16-19-15(21-20-16)11-10-14-8-4-3-5-9-14/h14H,1-13,18H2. The van der Waals surface area contributed by atoms with E-state index in [-0.39, 0.29) is 5.54 Å². The monoisotopic (exact) mass is 291 g/mol. The summed E-state index contributed by atoms with van der Waals surface area (Å²) in [6.07, 6.45) is 16.0. The van der Waals surface area contributed by atoms with Crippen LogP contribution in [0.3, 0.4) is 0 Å². The van der Waals surface area contributed by atoms with Gasteiger partial charge in [0.05, 0.1) is 5.54 Å². The normalized spacial score (nSPS) is 23.9. The van der Waals surface area contributed by atoms with Gasteiger partial charge in [0.2, 0.25) is 5.89 Å². The Balaban J connectivity index is 1.57. The van der Waals surface area contributed by atoms with Gasteiger partial charge in [0.1, 0.15) is 0 Å². The second-order valence-electron chi connectivity index (χ2n) is 7.12. The van der Waals surface area contributed by atoms with Gasteiger partial charge in [-0.2, -0.15) is 4.98 Å². The largest absolute Gasteiger partial charge is 0.339 e. The minimum absolute atomic E-state index is 0.344. The van der Waals surface area contributed by atoms with Crippen molar-refractivity contribution >= 4 is 0 Å². The third-order valence-electron chi connectivity index (χ3n) is 5.40. The molecular formula is C17H29N3O. The van der Waals surface area contributed by atoms with E-state index in [0.717, 1.165) is 36.9 Å². The van der Waals surface area contributed by atoms with Gasteiger partial charge in [-0.15, -0.1) is 0 Å². The molecule has 2 saturated carbocycles. The Morgan fingerprint density at radius 3 is 2.38 bits per heavy atom. The van der Waals surface area contributed by atoms with Crippen molar-refractivity contribution in [2.24, 2.45) is 11.7 Å². The molecule has 2 fully saturated rings. The van der Waals surface area contributed by atoms with Crippen LogP contribution in [0.1, 0.15) is 88.8 Å². The molecule has 3 rings (SSSR count). The van der Waals surface area contributed by atoms with Gasteiger partial charge in [-0.1, -0.05) is 62.9 Å². The van der Waals surface area contributed by atoms with Crippen LogP contribution < -0.4 is 5.73 Å². The van der Waals surface area contributed by atoms with Gasteiger partial charge >= 0.3 is 0 Å². The third kappa shape index (κ3) is 3.85. The van der Waals surface area contributed by atoms with Gasteiger partial charge < -0.3 is 10.3 Å². The summed E-state index contributed by atoms with van der Waals surface area (Å²) in [5.74, 6) is 2.41. The molecule has 4 nitrogen and oxygen atoms in total. The maximum atomic E-state index is 6.55. The van der Waals surface area contributed by atoms with Crippen molar-refractivity contribution in [3.63, 3.8) is 0 Å². The first kappa shape index (κ1) is 15.0. The van der Waals surface area contributed by atoms with E-state index in [0.29, 0.717) is 0 Å². The maximum absolute atomic E-state index is 6.55. The Labute approximate surface area is 127 Å². The average molecular weight is 291 g/mol. The molecule has 0 atom stereocenters. The van der Waals surface area contributed by atoms with Crippen molar-refractivity contribution in [3.05, 3.63) is 11.7 Å². The Hall–Kier alpha value is -0.900. The molecule has 0 aromatic carbocycles. The number of nitrogens with zero attached hydrogens (tertiary/aromatic N) is 2. The first-order valence-electron chi connectivity index (χ1n) is 8.88. The lowest BCUT2D eigenvalue weighted by atomic mass is 9.86. The summed E-state index contributed by atoms with van der Waals surface area (Å²) in [5, 5.41) is 4.21. The number of hydrogen-bond acceptors (Lipinski definition) is 4. The molecule has 2 aliphatic rings. The fourth-order valence-electron chi connectivity index (χ4n) is 3.95. The van der Waals surface area contributed by atoms with Crippen LogP contribution in [0.2, 0.25) is 0 Å². The second kappa shape index (κ2) is 6.91. The van der Waals surface area contributed by atoms with E-state index < -0.39 is 0 Å². The molecule has 2 aliphatic carbocycles. The second-order valence-corrected chi connectivity index (χ2v) is 7.12. The summed E-state index contributed by atoms with van der Waals surface area (Å²) in [4.78, 5) is 4.63. The van der Waals surface area contributed by atoms with Crippen LogP contribution in [0, 0.1) is 5.92 Å². The molecule has 118 valence electrons. The summed E-state index contributed by atoms with van der Waals surface area (Å²) in [5.41, 5.74) is 6.20. The Kier molecular flexibility index (Phi) is 4.94. The molecule has 4 heteroatoms. The highest BCUT2D eigenvalue weighted by atomic mass is 16.5. The predicted octanol–water partition coefficient (Wildman–Crippen LogP) is 4.09. The molecule has 2 N–H and O–H groups in total. The van der Waals surface area contributed by atoms with E-state index in [2.05, 4.69) is 10.1 Å². The van der Waals surface area contributed by atoms with Gasteiger partial charge in [-0.05, 0) is 25.2 Å². The molecule has 0 aliphatic heterocycles. The Bertz CT molecular complexity index is 429. The predicted molar refractivity (Wildman–Crippen MR) is 82.8 cm³/mol. The molecule has 0 radical (unpaired) electrons. The molecule has 0 unspecified atom stereocenters. The first-order chi connectivity index (χ1) is 10.3. The molecular weight excluding hydrogens is 262 g/mol. The fraction of sp³-hybridized carbons (Fsp3) is 0.882. The van der Waals surface area contributed by atoms with Crippen molar-refractivity contribution < 1.29 is 4.52 Å². The van der Waals surface area contributed by atoms with E-state index in [1.807, 2.05) is 0 Å². The van der Waals surface area contributed by atoms with Crippen LogP contribution in [-0.2, 0) is 12.0 Å². The van der Waals surface area contributed by atoms with Gasteiger partial charge in [-0.25, -0.2) is 0 Å². The van der Waals surface area contributed by atoms with E-state index in [1.165, 1.54) is 64.2 Å². The summed E-state index contributed by atoms with van der Waals surface area (Å²) in [6.45, 7) is 0. The number of hydrogen-bond donors (Lipinski definition) is 1. The van der Waals surface area contributed by atoms with Crippen molar-refractivity contribution in [2.75, 3.05) is 0 Å². The number of nitrogens with two attached hydrogens (primary N) is 1. The number of aromatic nitrogens is 2. The third-order valence-corrected chi connectivity index (χ3v) is 5.40. The highest BCUT2D eigenvalue weighted by molar-refractivity contribution is 5.04. The van der Waals surface area contributed by atoms with E-state index in [1.54, 1.807) is 0 Å². The van der Waals surface area contributed by atoms with Crippen molar-refractivity contribution in [3.8, 4) is 0 Å². The maximum Gasteiger partial charge on any atom is 0.226 e. The quantitative estimate of drug-likeness (QED) is 0.848. The van der Waals surface area contributed by atoms with Crippen molar-refractivity contribution in [1.29, 1.82) is 0 Å². The smallest absolute Gasteiger partial charge is 0.226 e. The minimum atomic E-state index is -0.344. The lowest BCUT2D eigenvalue weighted by molar-refractivity contribution is 0.305. The van der Waals surface area contributed by atoms with Gasteiger partial charge in [0.25, 0.3) is 0 Å². The molecule has 21 heavy (non-hydrogen) atoms. The molecule has 0 spiro atoms. The van der Waals surface area contributed by atoms with E-state index in [4.69, 9.17) is 10.3 Å². The average Bonchev–Trinajstić information content (AvgIpc) is 2.89. The fourth-order valence-corrected chi connectivity index (χ4v) is 3.95. The molecule has 0 amide bonds. The highest BCUT2D eigenvalue weighted by Gasteiger charge is 2.33. The van der Waals surface area contributed by atoms with E-state index >= 15 is 0 Å². The van der Waals surface area contributed by atoms with Gasteiger partial charge in [0.15, 0.2) is 5.82 Å². The molecule has 0 saturated heterocycles. The first-order valence-corrected chi connectivity index (χ1v) is 8.88. The van der Waals surface area contributed by atoms with Crippen LogP contribution in [0.25, 0.3) is 0 Å². The minimum Gasteiger partial charge on any atom is -0.339 e. The van der Waals surface area contributed by atoms with Gasteiger partial charge in [-0.3, -0.25) is 0 Å². The number of rotatable bonds is 4. The van der Waals surface area contributed by atoms with Crippen molar-refractivity contribution in [1.82, 2.24) is 10.1 Å². The van der Waals surface area contributed by atoms with Crippen LogP contribution in [-0.4, -0.2) is 10.1 Å². The van der Waals surface area contributed by atoms with Crippen molar-refractivity contribution in [2.45, 2.75) is 89.0 Å². The Morgan fingerprint density at radius 2 is 1.67 bits per heavy atom. The van der Waals surface area contributed by atoms with Crippen LogP contribution in [0.5, 0.6) is 0 Å². The Morgan fingerprint density at radius 1 is 1.00 bits per heavy atom. The summed E-state index contributed by atoms with van der Waals surface area (Å²) in [6, 6.07) is 0. The molecule has 0 bridgehead atoms. The highest BCUT2D eigenvalue weighted by Crippen LogP contribution is 2.32. The van der Waals surface area contributed by atoms with Crippen LogP contribution in [0.15, 0.2) is 4.52 Å². The van der Waals surface area contributed by atoms with E-state index in [9.17, 15) is 0 Å². The summed E-state index contributed by atoms with van der Waals surface area (Å²) in [7, 11) is 0. The SMILES string of the molecule is NC1(c2noc(CCC3CCCCC3)n2)CCCCCC1. The zero-order valence-electron chi connectivity index (χ0n) is 13.1. The zero-order chi connectivity index (χ0) is 14.5. The van der Waals surface area contributed by atoms with Crippen LogP contribution in [0.4, 0.5) is 0 Å². The van der Waals surface area contributed by atoms with Gasteiger partial charge in [0, 0.05) is 6.42 Å².